The normalized spacial score (nSPS) is 15.8. The third kappa shape index (κ3) is 5.20. The second-order valence-electron chi connectivity index (χ2n) is 7.71. The van der Waals surface area contributed by atoms with Crippen LogP contribution in [0.25, 0.3) is 0 Å². The third-order valence-corrected chi connectivity index (χ3v) is 5.45. The maximum absolute atomic E-state index is 13.4. The molecule has 3 heterocycles. The molecule has 1 amide bonds. The number of aromatic nitrogens is 4. The molecule has 31 heavy (non-hydrogen) atoms. The summed E-state index contributed by atoms with van der Waals surface area (Å²) in [4.78, 5) is 32.0. The standard InChI is InChI=1S/C23H25FN6O/c1-16-13-17(8-9-18(16)24)5-2-7-22(31)30-12-3-6-20(30)19-14-25-15-21(28-19)29-23-26-10-4-11-27-23/h4,8-11,13-15,20H,2-3,5-7,12H2,1H3,(H,26,27,28,29)/t20-/m1/s1. The van der Waals surface area contributed by atoms with Gasteiger partial charge in [-0.3, -0.25) is 9.78 Å². The number of anilines is 2. The minimum absolute atomic E-state index is 0.0773. The van der Waals surface area contributed by atoms with E-state index in [0.29, 0.717) is 23.8 Å². The molecule has 2 aromatic heterocycles. The highest BCUT2D eigenvalue weighted by Gasteiger charge is 2.31. The molecule has 1 atom stereocenters. The van der Waals surface area contributed by atoms with Gasteiger partial charge in [0.05, 0.1) is 24.1 Å². The summed E-state index contributed by atoms with van der Waals surface area (Å²) in [5.74, 6) is 0.920. The average molecular weight is 420 g/mol. The lowest BCUT2D eigenvalue weighted by atomic mass is 10.0. The molecule has 1 aromatic carbocycles. The van der Waals surface area contributed by atoms with Crippen LogP contribution in [-0.2, 0) is 11.2 Å². The summed E-state index contributed by atoms with van der Waals surface area (Å²) in [6, 6.07) is 6.79. The van der Waals surface area contributed by atoms with Crippen LogP contribution in [0, 0.1) is 12.7 Å². The van der Waals surface area contributed by atoms with Gasteiger partial charge >= 0.3 is 0 Å². The van der Waals surface area contributed by atoms with Gasteiger partial charge in [0.2, 0.25) is 11.9 Å². The lowest BCUT2D eigenvalue weighted by Crippen LogP contribution is -2.31. The summed E-state index contributed by atoms with van der Waals surface area (Å²) in [7, 11) is 0. The first-order valence-corrected chi connectivity index (χ1v) is 10.5. The van der Waals surface area contributed by atoms with Gasteiger partial charge in [0, 0.05) is 25.4 Å². The Balaban J connectivity index is 1.37. The van der Waals surface area contributed by atoms with Crippen LogP contribution in [0.1, 0.15) is 48.5 Å². The van der Waals surface area contributed by atoms with Crippen LogP contribution in [0.3, 0.4) is 0 Å². The van der Waals surface area contributed by atoms with E-state index in [4.69, 9.17) is 0 Å². The second kappa shape index (κ2) is 9.59. The zero-order valence-electron chi connectivity index (χ0n) is 17.5. The van der Waals surface area contributed by atoms with Crippen LogP contribution in [0.2, 0.25) is 0 Å². The van der Waals surface area contributed by atoms with Crippen molar-refractivity contribution in [1.82, 2.24) is 24.8 Å². The van der Waals surface area contributed by atoms with E-state index in [1.54, 1.807) is 43.8 Å². The Morgan fingerprint density at radius 3 is 2.90 bits per heavy atom. The van der Waals surface area contributed by atoms with Crippen LogP contribution in [0.15, 0.2) is 49.1 Å². The zero-order chi connectivity index (χ0) is 21.6. The van der Waals surface area contributed by atoms with Crippen molar-refractivity contribution in [3.8, 4) is 0 Å². The minimum atomic E-state index is -0.198. The van der Waals surface area contributed by atoms with Gasteiger partial charge in [-0.2, -0.15) is 0 Å². The Bertz CT molecular complexity index is 1050. The summed E-state index contributed by atoms with van der Waals surface area (Å²) < 4.78 is 13.4. The fraction of sp³-hybridized carbons (Fsp3) is 0.348. The molecule has 0 spiro atoms. The first kappa shape index (κ1) is 20.8. The van der Waals surface area contributed by atoms with Gasteiger partial charge in [0.1, 0.15) is 5.82 Å². The van der Waals surface area contributed by atoms with E-state index < -0.39 is 0 Å². The van der Waals surface area contributed by atoms with Crippen molar-refractivity contribution < 1.29 is 9.18 Å². The molecular formula is C23H25FN6O. The van der Waals surface area contributed by atoms with E-state index in [-0.39, 0.29) is 17.8 Å². The first-order valence-electron chi connectivity index (χ1n) is 10.5. The quantitative estimate of drug-likeness (QED) is 0.618. The molecule has 1 fully saturated rings. The molecule has 0 unspecified atom stereocenters. The third-order valence-electron chi connectivity index (χ3n) is 5.45. The highest BCUT2D eigenvalue weighted by molar-refractivity contribution is 5.77. The predicted octanol–water partition coefficient (Wildman–Crippen LogP) is 4.14. The van der Waals surface area contributed by atoms with Crippen LogP contribution >= 0.6 is 0 Å². The maximum atomic E-state index is 13.4. The number of hydrogen-bond acceptors (Lipinski definition) is 6. The van der Waals surface area contributed by atoms with Crippen molar-refractivity contribution >= 4 is 17.7 Å². The predicted molar refractivity (Wildman–Crippen MR) is 115 cm³/mol. The highest BCUT2D eigenvalue weighted by atomic mass is 19.1. The van der Waals surface area contributed by atoms with E-state index in [2.05, 4.69) is 25.3 Å². The van der Waals surface area contributed by atoms with Gasteiger partial charge in [-0.25, -0.2) is 19.3 Å². The monoisotopic (exact) mass is 420 g/mol. The summed E-state index contributed by atoms with van der Waals surface area (Å²) in [5.41, 5.74) is 2.45. The van der Waals surface area contributed by atoms with Gasteiger partial charge in [-0.1, -0.05) is 12.1 Å². The highest BCUT2D eigenvalue weighted by Crippen LogP contribution is 2.32. The molecule has 160 valence electrons. The fourth-order valence-electron chi connectivity index (χ4n) is 3.90. The second-order valence-corrected chi connectivity index (χ2v) is 7.71. The molecule has 0 bridgehead atoms. The van der Waals surface area contributed by atoms with Crippen LogP contribution in [0.5, 0.6) is 0 Å². The average Bonchev–Trinajstić information content (AvgIpc) is 3.27. The van der Waals surface area contributed by atoms with Crippen LogP contribution in [0.4, 0.5) is 16.2 Å². The van der Waals surface area contributed by atoms with Gasteiger partial charge in [0.15, 0.2) is 5.82 Å². The van der Waals surface area contributed by atoms with Crippen molar-refractivity contribution in [2.24, 2.45) is 0 Å². The van der Waals surface area contributed by atoms with Gasteiger partial charge < -0.3 is 10.2 Å². The molecule has 1 aliphatic heterocycles. The number of likely N-dealkylation sites (tertiary alicyclic amines) is 1. The van der Waals surface area contributed by atoms with E-state index in [1.165, 1.54) is 6.07 Å². The van der Waals surface area contributed by atoms with Crippen molar-refractivity contribution in [1.29, 1.82) is 0 Å². The summed E-state index contributed by atoms with van der Waals surface area (Å²) in [6.45, 7) is 2.48. The number of rotatable bonds is 7. The molecule has 1 saturated heterocycles. The SMILES string of the molecule is Cc1cc(CCCC(=O)N2CCC[C@@H]2c2cncc(Nc3ncccn3)n2)ccc1F. The smallest absolute Gasteiger partial charge is 0.228 e. The van der Waals surface area contributed by atoms with E-state index in [1.807, 2.05) is 11.0 Å². The Kier molecular flexibility index (Phi) is 6.45. The fourth-order valence-corrected chi connectivity index (χ4v) is 3.90. The Hall–Kier alpha value is -3.42. The molecule has 0 radical (unpaired) electrons. The van der Waals surface area contributed by atoms with Crippen molar-refractivity contribution in [3.05, 3.63) is 71.7 Å². The first-order chi connectivity index (χ1) is 15.1. The van der Waals surface area contributed by atoms with Gasteiger partial charge in [0.25, 0.3) is 0 Å². The van der Waals surface area contributed by atoms with Gasteiger partial charge in [-0.05, 0) is 55.9 Å². The Labute approximate surface area is 180 Å². The number of halogens is 1. The molecule has 1 N–H and O–H groups in total. The summed E-state index contributed by atoms with van der Waals surface area (Å²) >= 11 is 0. The van der Waals surface area contributed by atoms with Gasteiger partial charge in [-0.15, -0.1) is 0 Å². The number of hydrogen-bond donors (Lipinski definition) is 1. The number of aryl methyl sites for hydroxylation is 2. The molecule has 8 heteroatoms. The molecular weight excluding hydrogens is 395 g/mol. The lowest BCUT2D eigenvalue weighted by Gasteiger charge is -2.24. The number of nitrogens with zero attached hydrogens (tertiary/aromatic N) is 5. The van der Waals surface area contributed by atoms with Crippen LogP contribution < -0.4 is 5.32 Å². The molecule has 4 rings (SSSR count). The molecule has 7 nitrogen and oxygen atoms in total. The number of amides is 1. The van der Waals surface area contributed by atoms with Crippen molar-refractivity contribution in [2.45, 2.75) is 45.1 Å². The molecule has 0 saturated carbocycles. The number of carbonyl (C=O) groups excluding carboxylic acids is 1. The zero-order valence-corrected chi connectivity index (χ0v) is 17.5. The number of benzene rings is 1. The Morgan fingerprint density at radius 2 is 2.10 bits per heavy atom. The topological polar surface area (TPSA) is 83.9 Å². The lowest BCUT2D eigenvalue weighted by molar-refractivity contribution is -0.132. The molecule has 1 aliphatic rings. The van der Waals surface area contributed by atoms with E-state index in [9.17, 15) is 9.18 Å². The molecule has 3 aromatic rings. The minimum Gasteiger partial charge on any atom is -0.334 e. The van der Waals surface area contributed by atoms with E-state index >= 15 is 0 Å². The number of nitrogens with one attached hydrogen (secondary N) is 1. The van der Waals surface area contributed by atoms with Crippen molar-refractivity contribution in [2.75, 3.05) is 11.9 Å². The Morgan fingerprint density at radius 1 is 1.26 bits per heavy atom. The van der Waals surface area contributed by atoms with E-state index in [0.717, 1.165) is 43.5 Å². The molecule has 0 aliphatic carbocycles. The largest absolute Gasteiger partial charge is 0.334 e. The summed E-state index contributed by atoms with van der Waals surface area (Å²) in [5, 5.41) is 3.05. The van der Waals surface area contributed by atoms with Crippen molar-refractivity contribution in [3.63, 3.8) is 0 Å². The summed E-state index contributed by atoms with van der Waals surface area (Å²) in [6.07, 6.45) is 10.4. The maximum Gasteiger partial charge on any atom is 0.228 e. The van der Waals surface area contributed by atoms with Crippen LogP contribution in [-0.4, -0.2) is 37.3 Å². The number of carbonyl (C=O) groups is 1.